The van der Waals surface area contributed by atoms with Crippen molar-refractivity contribution in [3.63, 3.8) is 0 Å². The Labute approximate surface area is 125 Å². The van der Waals surface area contributed by atoms with Crippen LogP contribution in [-0.4, -0.2) is 24.5 Å². The molecule has 114 valence electrons. The largest absolute Gasteiger partial charge is 0.338 e. The lowest BCUT2D eigenvalue weighted by molar-refractivity contribution is 0.564. The van der Waals surface area contributed by atoms with Crippen molar-refractivity contribution in [1.29, 1.82) is 0 Å². The van der Waals surface area contributed by atoms with Crippen LogP contribution in [0.1, 0.15) is 24.4 Å². The van der Waals surface area contributed by atoms with Gasteiger partial charge in [-0.1, -0.05) is 12.1 Å². The standard InChI is InChI=1S/C14H20N4O2S/c1-11(16-8-7-14-17-9-10-18(14)2)12-3-5-13(6-4-12)21(15,19)20/h3-6,9-11,16H,7-8H2,1-2H3,(H2,15,19,20). The zero-order chi connectivity index (χ0) is 15.5. The molecule has 3 N–H and O–H groups in total. The lowest BCUT2D eigenvalue weighted by Crippen LogP contribution is -2.22. The van der Waals surface area contributed by atoms with Gasteiger partial charge in [0.25, 0.3) is 0 Å². The summed E-state index contributed by atoms with van der Waals surface area (Å²) in [5.41, 5.74) is 1.02. The number of nitrogens with one attached hydrogen (secondary N) is 1. The third-order valence-corrected chi connectivity index (χ3v) is 4.36. The maximum absolute atomic E-state index is 11.2. The van der Waals surface area contributed by atoms with Crippen molar-refractivity contribution in [2.75, 3.05) is 6.54 Å². The quantitative estimate of drug-likeness (QED) is 0.831. The first kappa shape index (κ1) is 15.7. The molecule has 6 nitrogen and oxygen atoms in total. The summed E-state index contributed by atoms with van der Waals surface area (Å²) in [7, 11) is -1.66. The molecule has 1 aromatic carbocycles. The van der Waals surface area contributed by atoms with E-state index in [2.05, 4.69) is 10.3 Å². The van der Waals surface area contributed by atoms with E-state index in [0.717, 1.165) is 24.4 Å². The molecule has 0 aliphatic heterocycles. The minimum absolute atomic E-state index is 0.125. The lowest BCUT2D eigenvalue weighted by atomic mass is 10.1. The van der Waals surface area contributed by atoms with E-state index in [0.29, 0.717) is 0 Å². The number of primary sulfonamides is 1. The van der Waals surface area contributed by atoms with Gasteiger partial charge >= 0.3 is 0 Å². The van der Waals surface area contributed by atoms with Crippen LogP contribution in [0.25, 0.3) is 0 Å². The molecule has 7 heteroatoms. The van der Waals surface area contributed by atoms with Crippen molar-refractivity contribution in [2.45, 2.75) is 24.3 Å². The Balaban J connectivity index is 1.91. The van der Waals surface area contributed by atoms with Gasteiger partial charge in [0.2, 0.25) is 10.0 Å². The fourth-order valence-electron chi connectivity index (χ4n) is 2.10. The third kappa shape index (κ3) is 4.13. The van der Waals surface area contributed by atoms with Crippen molar-refractivity contribution in [3.05, 3.63) is 48.0 Å². The molecular formula is C14H20N4O2S. The van der Waals surface area contributed by atoms with Crippen LogP contribution >= 0.6 is 0 Å². The van der Waals surface area contributed by atoms with Gasteiger partial charge < -0.3 is 9.88 Å². The van der Waals surface area contributed by atoms with Gasteiger partial charge in [-0.05, 0) is 24.6 Å². The Morgan fingerprint density at radius 3 is 2.52 bits per heavy atom. The van der Waals surface area contributed by atoms with E-state index in [4.69, 9.17) is 5.14 Å². The summed E-state index contributed by atoms with van der Waals surface area (Å²) in [5.74, 6) is 1.03. The number of nitrogens with two attached hydrogens (primary N) is 1. The summed E-state index contributed by atoms with van der Waals surface area (Å²) >= 11 is 0. The molecule has 2 rings (SSSR count). The van der Waals surface area contributed by atoms with Crippen LogP contribution in [0, 0.1) is 0 Å². The Bertz CT molecular complexity index is 692. The first-order valence-corrected chi connectivity index (χ1v) is 8.25. The topological polar surface area (TPSA) is 90.0 Å². The van der Waals surface area contributed by atoms with Crippen LogP contribution in [0.5, 0.6) is 0 Å². The molecule has 1 unspecified atom stereocenters. The second-order valence-electron chi connectivity index (χ2n) is 4.99. The number of hydrogen-bond acceptors (Lipinski definition) is 4. The molecule has 0 radical (unpaired) electrons. The average Bonchev–Trinajstić information content (AvgIpc) is 2.83. The summed E-state index contributed by atoms with van der Waals surface area (Å²) in [6.45, 7) is 2.83. The normalized spacial score (nSPS) is 13.3. The van der Waals surface area contributed by atoms with E-state index in [9.17, 15) is 8.42 Å². The fourth-order valence-corrected chi connectivity index (χ4v) is 2.62. The molecule has 21 heavy (non-hydrogen) atoms. The molecule has 0 fully saturated rings. The van der Waals surface area contributed by atoms with E-state index in [-0.39, 0.29) is 10.9 Å². The third-order valence-electron chi connectivity index (χ3n) is 3.43. The highest BCUT2D eigenvalue weighted by atomic mass is 32.2. The van der Waals surface area contributed by atoms with E-state index >= 15 is 0 Å². The summed E-state index contributed by atoms with van der Waals surface area (Å²) in [6, 6.07) is 6.74. The molecule has 1 heterocycles. The molecule has 0 saturated heterocycles. The predicted octanol–water partition coefficient (Wildman–Crippen LogP) is 0.961. The minimum Gasteiger partial charge on any atom is -0.338 e. The number of hydrogen-bond donors (Lipinski definition) is 2. The van der Waals surface area contributed by atoms with E-state index < -0.39 is 10.0 Å². The molecule has 2 aromatic rings. The van der Waals surface area contributed by atoms with Crippen molar-refractivity contribution >= 4 is 10.0 Å². The molecule has 0 saturated carbocycles. The van der Waals surface area contributed by atoms with Gasteiger partial charge in [0.15, 0.2) is 0 Å². The smallest absolute Gasteiger partial charge is 0.238 e. The Hall–Kier alpha value is -1.70. The van der Waals surface area contributed by atoms with Gasteiger partial charge in [-0.25, -0.2) is 18.5 Å². The molecule has 0 bridgehead atoms. The zero-order valence-electron chi connectivity index (χ0n) is 12.2. The maximum Gasteiger partial charge on any atom is 0.238 e. The molecule has 1 atom stereocenters. The summed E-state index contributed by atoms with van der Waals surface area (Å²) in [5, 5.41) is 8.47. The summed E-state index contributed by atoms with van der Waals surface area (Å²) in [4.78, 5) is 4.40. The number of rotatable bonds is 6. The fraction of sp³-hybridized carbons (Fsp3) is 0.357. The van der Waals surface area contributed by atoms with E-state index in [1.54, 1.807) is 18.3 Å². The minimum atomic E-state index is -3.63. The number of imidazole rings is 1. The maximum atomic E-state index is 11.2. The van der Waals surface area contributed by atoms with Crippen molar-refractivity contribution in [2.24, 2.45) is 12.2 Å². The van der Waals surface area contributed by atoms with Gasteiger partial charge in [-0.15, -0.1) is 0 Å². The van der Waals surface area contributed by atoms with Crippen LogP contribution in [0.4, 0.5) is 0 Å². The Kier molecular flexibility index (Phi) is 4.76. The predicted molar refractivity (Wildman–Crippen MR) is 81.1 cm³/mol. The molecular weight excluding hydrogens is 288 g/mol. The van der Waals surface area contributed by atoms with Crippen LogP contribution in [0.2, 0.25) is 0 Å². The van der Waals surface area contributed by atoms with Crippen molar-refractivity contribution in [1.82, 2.24) is 14.9 Å². The SMILES string of the molecule is CC(NCCc1nccn1C)c1ccc(S(N)(=O)=O)cc1. The molecule has 0 spiro atoms. The van der Waals surface area contributed by atoms with Crippen LogP contribution in [0.3, 0.4) is 0 Å². The number of sulfonamides is 1. The van der Waals surface area contributed by atoms with Crippen LogP contribution in [0.15, 0.2) is 41.6 Å². The number of aromatic nitrogens is 2. The Morgan fingerprint density at radius 2 is 2.00 bits per heavy atom. The van der Waals surface area contributed by atoms with Gasteiger partial charge in [-0.2, -0.15) is 0 Å². The van der Waals surface area contributed by atoms with Crippen molar-refractivity contribution < 1.29 is 8.42 Å². The van der Waals surface area contributed by atoms with Gasteiger partial charge in [-0.3, -0.25) is 0 Å². The number of nitrogens with zero attached hydrogens (tertiary/aromatic N) is 2. The number of benzene rings is 1. The number of aryl methyl sites for hydroxylation is 1. The zero-order valence-corrected chi connectivity index (χ0v) is 13.0. The van der Waals surface area contributed by atoms with E-state index in [1.807, 2.05) is 24.7 Å². The highest BCUT2D eigenvalue weighted by molar-refractivity contribution is 7.89. The van der Waals surface area contributed by atoms with Crippen molar-refractivity contribution in [3.8, 4) is 0 Å². The molecule has 0 aliphatic carbocycles. The first-order valence-electron chi connectivity index (χ1n) is 6.70. The van der Waals surface area contributed by atoms with Crippen LogP contribution in [-0.2, 0) is 23.5 Å². The van der Waals surface area contributed by atoms with Gasteiger partial charge in [0.05, 0.1) is 4.90 Å². The average molecular weight is 308 g/mol. The second kappa shape index (κ2) is 6.38. The lowest BCUT2D eigenvalue weighted by Gasteiger charge is -2.14. The monoisotopic (exact) mass is 308 g/mol. The highest BCUT2D eigenvalue weighted by Gasteiger charge is 2.10. The van der Waals surface area contributed by atoms with E-state index in [1.165, 1.54) is 12.1 Å². The van der Waals surface area contributed by atoms with Gasteiger partial charge in [0.1, 0.15) is 5.82 Å². The van der Waals surface area contributed by atoms with Gasteiger partial charge in [0, 0.05) is 38.4 Å². The Morgan fingerprint density at radius 1 is 1.33 bits per heavy atom. The summed E-state index contributed by atoms with van der Waals surface area (Å²) < 4.78 is 24.4. The first-order chi connectivity index (χ1) is 9.88. The molecule has 0 amide bonds. The van der Waals surface area contributed by atoms with Crippen LogP contribution < -0.4 is 10.5 Å². The molecule has 0 aliphatic rings. The second-order valence-corrected chi connectivity index (χ2v) is 6.56. The highest BCUT2D eigenvalue weighted by Crippen LogP contribution is 2.15. The molecule has 1 aromatic heterocycles. The summed E-state index contributed by atoms with van der Waals surface area (Å²) in [6.07, 6.45) is 4.54.